The van der Waals surface area contributed by atoms with Gasteiger partial charge in [-0.15, -0.1) is 0 Å². The van der Waals surface area contributed by atoms with Gasteiger partial charge in [0.05, 0.1) is 36.9 Å². The van der Waals surface area contributed by atoms with Crippen LogP contribution in [-0.2, 0) is 13.2 Å². The van der Waals surface area contributed by atoms with Gasteiger partial charge in [0, 0.05) is 18.5 Å². The summed E-state index contributed by atoms with van der Waals surface area (Å²) in [5.41, 5.74) is 1.61. The fourth-order valence-electron chi connectivity index (χ4n) is 4.12. The number of nitrogens with zero attached hydrogens (tertiary/aromatic N) is 2. The van der Waals surface area contributed by atoms with Crippen LogP contribution in [0.1, 0.15) is 31.9 Å². The van der Waals surface area contributed by atoms with Crippen molar-refractivity contribution in [2.45, 2.75) is 33.9 Å². The summed E-state index contributed by atoms with van der Waals surface area (Å²) in [5.74, 6) is 2.76. The second-order valence-electron chi connectivity index (χ2n) is 9.35. The maximum Gasteiger partial charge on any atom is 0.270 e. The smallest absolute Gasteiger partial charge is 0.270 e. The van der Waals surface area contributed by atoms with E-state index in [1.165, 1.54) is 11.3 Å². The van der Waals surface area contributed by atoms with Crippen LogP contribution in [0.5, 0.6) is 28.7 Å². The predicted molar refractivity (Wildman–Crippen MR) is 147 cm³/mol. The zero-order valence-corrected chi connectivity index (χ0v) is 24.2. The molecule has 1 aliphatic heterocycles. The van der Waals surface area contributed by atoms with Crippen molar-refractivity contribution in [3.8, 4) is 28.7 Å². The lowest BCUT2D eigenvalue weighted by Crippen LogP contribution is -2.41. The summed E-state index contributed by atoms with van der Waals surface area (Å²) < 4.78 is 31.5. The Morgan fingerprint density at radius 2 is 1.73 bits per heavy atom. The normalized spacial score (nSPS) is 14.5. The van der Waals surface area contributed by atoms with Crippen LogP contribution in [0.2, 0.25) is 0 Å². The third-order valence-corrected chi connectivity index (χ3v) is 7.49. The van der Waals surface area contributed by atoms with Gasteiger partial charge in [0.15, 0.2) is 27.8 Å². The second kappa shape index (κ2) is 11.2. The molecule has 0 atom stereocenters. The molecular formula is C27H31BrN2O6S. The highest BCUT2D eigenvalue weighted by molar-refractivity contribution is 9.10. The standard InChI is InChI=1S/C27H31BrN2O6S/c1-7-35-21-9-16(12-22-25(31)30-15-27(2,3)14-29-26(30)37-22)8-18(28)23(21)36-13-17-10-19(32-4)24(34-6)20(11-17)33-5/h8-12H,7,13-15H2,1-6H3/b22-12-. The number of benzene rings is 2. The Hall–Kier alpha value is -2.98. The molecule has 8 nitrogen and oxygen atoms in total. The first-order chi connectivity index (χ1) is 17.7. The number of fused-ring (bicyclic) bond motifs is 1. The van der Waals surface area contributed by atoms with Crippen molar-refractivity contribution in [3.63, 3.8) is 0 Å². The fourth-order valence-corrected chi connectivity index (χ4v) is 5.67. The van der Waals surface area contributed by atoms with Crippen molar-refractivity contribution in [1.82, 2.24) is 4.57 Å². The molecule has 1 aromatic heterocycles. The van der Waals surface area contributed by atoms with Crippen LogP contribution in [0.15, 0.2) is 38.5 Å². The Morgan fingerprint density at radius 1 is 1.03 bits per heavy atom. The highest BCUT2D eigenvalue weighted by Crippen LogP contribution is 2.40. The zero-order valence-electron chi connectivity index (χ0n) is 21.8. The molecule has 1 aliphatic rings. The first-order valence-electron chi connectivity index (χ1n) is 11.8. The summed E-state index contributed by atoms with van der Waals surface area (Å²) in [6.45, 7) is 8.23. The average Bonchev–Trinajstić information content (AvgIpc) is 3.16. The Labute approximate surface area is 228 Å². The van der Waals surface area contributed by atoms with Crippen molar-refractivity contribution < 1.29 is 23.7 Å². The van der Waals surface area contributed by atoms with E-state index in [2.05, 4.69) is 34.8 Å². The average molecular weight is 592 g/mol. The molecule has 0 saturated heterocycles. The van der Waals surface area contributed by atoms with Crippen LogP contribution >= 0.6 is 27.3 Å². The third kappa shape index (κ3) is 5.80. The van der Waals surface area contributed by atoms with Gasteiger partial charge in [0.1, 0.15) is 6.61 Å². The van der Waals surface area contributed by atoms with E-state index in [0.29, 0.717) is 57.4 Å². The quantitative estimate of drug-likeness (QED) is 0.372. The van der Waals surface area contributed by atoms with E-state index in [0.717, 1.165) is 15.9 Å². The molecule has 0 unspecified atom stereocenters. The maximum atomic E-state index is 13.1. The molecule has 0 amide bonds. The van der Waals surface area contributed by atoms with Gasteiger partial charge in [0.25, 0.3) is 5.56 Å². The summed E-state index contributed by atoms with van der Waals surface area (Å²) in [5, 5.41) is 0. The van der Waals surface area contributed by atoms with Crippen LogP contribution in [0, 0.1) is 5.41 Å². The Balaban J connectivity index is 1.67. The molecule has 3 aromatic rings. The number of ether oxygens (including phenoxy) is 5. The van der Waals surface area contributed by atoms with Crippen molar-refractivity contribution in [3.05, 3.63) is 59.6 Å². The van der Waals surface area contributed by atoms with E-state index in [9.17, 15) is 4.79 Å². The van der Waals surface area contributed by atoms with Crippen molar-refractivity contribution in [2.75, 3.05) is 34.5 Å². The SMILES string of the molecule is CCOc1cc(/C=c2\sc3n(c2=O)CC(C)(C)CN=3)cc(Br)c1OCc1cc(OC)c(OC)c(OC)c1. The molecule has 0 radical (unpaired) electrons. The summed E-state index contributed by atoms with van der Waals surface area (Å²) in [6.07, 6.45) is 1.87. The summed E-state index contributed by atoms with van der Waals surface area (Å²) >= 11 is 5.04. The van der Waals surface area contributed by atoms with E-state index in [4.69, 9.17) is 23.7 Å². The Kier molecular flexibility index (Phi) is 8.18. The van der Waals surface area contributed by atoms with Gasteiger partial charge in [-0.05, 0) is 64.3 Å². The van der Waals surface area contributed by atoms with E-state index < -0.39 is 0 Å². The van der Waals surface area contributed by atoms with E-state index in [1.54, 1.807) is 25.9 Å². The van der Waals surface area contributed by atoms with E-state index in [-0.39, 0.29) is 17.6 Å². The number of hydrogen-bond donors (Lipinski definition) is 0. The molecule has 0 saturated carbocycles. The van der Waals surface area contributed by atoms with Gasteiger partial charge in [0.2, 0.25) is 5.75 Å². The first kappa shape index (κ1) is 27.1. The molecule has 37 heavy (non-hydrogen) atoms. The molecule has 198 valence electrons. The summed E-state index contributed by atoms with van der Waals surface area (Å²) in [6, 6.07) is 7.48. The monoisotopic (exact) mass is 590 g/mol. The molecular weight excluding hydrogens is 560 g/mol. The van der Waals surface area contributed by atoms with Crippen LogP contribution in [0.25, 0.3) is 6.08 Å². The van der Waals surface area contributed by atoms with Crippen LogP contribution in [0.3, 0.4) is 0 Å². The number of thiazole rings is 1. The van der Waals surface area contributed by atoms with E-state index >= 15 is 0 Å². The van der Waals surface area contributed by atoms with Crippen LogP contribution in [0.4, 0.5) is 0 Å². The number of halogens is 1. The van der Waals surface area contributed by atoms with E-state index in [1.807, 2.05) is 37.3 Å². The molecule has 0 bridgehead atoms. The third-order valence-electron chi connectivity index (χ3n) is 5.85. The van der Waals surface area contributed by atoms with Gasteiger partial charge in [-0.25, -0.2) is 0 Å². The van der Waals surface area contributed by atoms with Gasteiger partial charge in [-0.3, -0.25) is 14.4 Å². The molecule has 0 N–H and O–H groups in total. The zero-order chi connectivity index (χ0) is 26.7. The van der Waals surface area contributed by atoms with Gasteiger partial charge < -0.3 is 23.7 Å². The number of hydrogen-bond acceptors (Lipinski definition) is 8. The fraction of sp³-hybridized carbons (Fsp3) is 0.407. The van der Waals surface area contributed by atoms with Gasteiger partial charge in [-0.1, -0.05) is 25.2 Å². The Bertz CT molecular complexity index is 1450. The molecule has 10 heteroatoms. The minimum Gasteiger partial charge on any atom is -0.493 e. The highest BCUT2D eigenvalue weighted by Gasteiger charge is 2.24. The van der Waals surface area contributed by atoms with Gasteiger partial charge in [-0.2, -0.15) is 0 Å². The lowest BCUT2D eigenvalue weighted by atomic mass is 9.93. The maximum absolute atomic E-state index is 13.1. The Morgan fingerprint density at radius 3 is 2.35 bits per heavy atom. The molecule has 4 rings (SSSR count). The largest absolute Gasteiger partial charge is 0.493 e. The predicted octanol–water partition coefficient (Wildman–Crippen LogP) is 4.16. The van der Waals surface area contributed by atoms with Crippen molar-refractivity contribution in [2.24, 2.45) is 10.4 Å². The van der Waals surface area contributed by atoms with Crippen LogP contribution < -0.4 is 38.6 Å². The molecule has 0 spiro atoms. The van der Waals surface area contributed by atoms with Gasteiger partial charge >= 0.3 is 0 Å². The number of methoxy groups -OCH3 is 3. The number of aromatic nitrogens is 1. The number of rotatable bonds is 9. The first-order valence-corrected chi connectivity index (χ1v) is 13.4. The minimum atomic E-state index is -0.0305. The lowest BCUT2D eigenvalue weighted by Gasteiger charge is -2.25. The highest BCUT2D eigenvalue weighted by atomic mass is 79.9. The minimum absolute atomic E-state index is 0.0201. The lowest BCUT2D eigenvalue weighted by molar-refractivity contribution is 0.265. The van der Waals surface area contributed by atoms with Crippen molar-refractivity contribution in [1.29, 1.82) is 0 Å². The van der Waals surface area contributed by atoms with Crippen LogP contribution in [-0.4, -0.2) is 39.0 Å². The molecule has 0 fully saturated rings. The van der Waals surface area contributed by atoms with Crippen molar-refractivity contribution >= 4 is 33.3 Å². The summed E-state index contributed by atoms with van der Waals surface area (Å²) in [7, 11) is 4.72. The summed E-state index contributed by atoms with van der Waals surface area (Å²) in [4.78, 5) is 18.4. The molecule has 2 heterocycles. The molecule has 0 aliphatic carbocycles. The molecule has 2 aromatic carbocycles. The second-order valence-corrected chi connectivity index (χ2v) is 11.2. The topological polar surface area (TPSA) is 80.5 Å².